The molecule has 2 N–H and O–H groups in total. The summed E-state index contributed by atoms with van der Waals surface area (Å²) >= 11 is 0. The summed E-state index contributed by atoms with van der Waals surface area (Å²) in [6.07, 6.45) is 9.79. The van der Waals surface area contributed by atoms with Gasteiger partial charge in [0.2, 0.25) is 0 Å². The number of nitrogens with one attached hydrogen (secondary N) is 1. The normalized spacial score (nSPS) is 27.9. The van der Waals surface area contributed by atoms with Crippen molar-refractivity contribution in [2.24, 2.45) is 5.92 Å². The lowest BCUT2D eigenvalue weighted by molar-refractivity contribution is -0.0762. The van der Waals surface area contributed by atoms with E-state index < -0.39 is 5.60 Å². The van der Waals surface area contributed by atoms with E-state index in [1.54, 1.807) is 0 Å². The van der Waals surface area contributed by atoms with Crippen molar-refractivity contribution in [3.8, 4) is 0 Å². The van der Waals surface area contributed by atoms with Gasteiger partial charge in [-0.15, -0.1) is 0 Å². The molecule has 3 rings (SSSR count). The molecule has 1 aromatic rings. The molecular formula is C18H27NO. The zero-order valence-corrected chi connectivity index (χ0v) is 12.4. The van der Waals surface area contributed by atoms with Gasteiger partial charge in [-0.3, -0.25) is 0 Å². The molecule has 1 aliphatic carbocycles. The van der Waals surface area contributed by atoms with Crippen LogP contribution < -0.4 is 5.32 Å². The number of hydrogen-bond donors (Lipinski definition) is 2. The first kappa shape index (κ1) is 14.1. The SMILES string of the molecule is OC(c1ccccc1)(C1CCCCC1)C1CCCCN1. The third kappa shape index (κ3) is 2.64. The summed E-state index contributed by atoms with van der Waals surface area (Å²) < 4.78 is 0. The highest BCUT2D eigenvalue weighted by Crippen LogP contribution is 2.43. The monoisotopic (exact) mass is 273 g/mol. The highest BCUT2D eigenvalue weighted by Gasteiger charge is 2.45. The van der Waals surface area contributed by atoms with E-state index in [1.807, 2.05) is 6.07 Å². The molecule has 2 atom stereocenters. The molecule has 1 saturated carbocycles. The van der Waals surface area contributed by atoms with Crippen LogP contribution in [0.5, 0.6) is 0 Å². The highest BCUT2D eigenvalue weighted by molar-refractivity contribution is 5.26. The Labute approximate surface area is 122 Å². The molecule has 0 amide bonds. The lowest BCUT2D eigenvalue weighted by Crippen LogP contribution is -2.55. The fourth-order valence-electron chi connectivity index (χ4n) is 4.20. The van der Waals surface area contributed by atoms with Gasteiger partial charge in [0.05, 0.1) is 0 Å². The average molecular weight is 273 g/mol. The minimum atomic E-state index is -0.678. The van der Waals surface area contributed by atoms with Gasteiger partial charge in [0, 0.05) is 6.04 Å². The van der Waals surface area contributed by atoms with Crippen LogP contribution in [0.3, 0.4) is 0 Å². The predicted molar refractivity (Wildman–Crippen MR) is 82.6 cm³/mol. The van der Waals surface area contributed by atoms with E-state index in [1.165, 1.54) is 44.9 Å². The van der Waals surface area contributed by atoms with E-state index in [-0.39, 0.29) is 6.04 Å². The molecule has 1 saturated heterocycles. The Balaban J connectivity index is 1.92. The van der Waals surface area contributed by atoms with Crippen LogP contribution in [0.25, 0.3) is 0 Å². The summed E-state index contributed by atoms with van der Waals surface area (Å²) in [7, 11) is 0. The molecule has 2 nitrogen and oxygen atoms in total. The standard InChI is InChI=1S/C18H27NO/c20-18(15-9-3-1-4-10-15,16-11-5-2-6-12-16)17-13-7-8-14-19-17/h1,3-4,9-10,16-17,19-20H,2,5-8,11-14H2. The summed E-state index contributed by atoms with van der Waals surface area (Å²) in [6.45, 7) is 1.05. The van der Waals surface area contributed by atoms with Crippen LogP contribution in [-0.4, -0.2) is 17.7 Å². The maximum atomic E-state index is 11.7. The van der Waals surface area contributed by atoms with Gasteiger partial charge < -0.3 is 10.4 Å². The summed E-state index contributed by atoms with van der Waals surface area (Å²) in [4.78, 5) is 0. The predicted octanol–water partition coefficient (Wildman–Crippen LogP) is 3.60. The number of rotatable bonds is 3. The molecule has 110 valence electrons. The molecule has 0 spiro atoms. The quantitative estimate of drug-likeness (QED) is 0.882. The van der Waals surface area contributed by atoms with E-state index >= 15 is 0 Å². The molecule has 0 bridgehead atoms. The van der Waals surface area contributed by atoms with Gasteiger partial charge in [-0.05, 0) is 43.7 Å². The van der Waals surface area contributed by atoms with Crippen LogP contribution in [0.2, 0.25) is 0 Å². The summed E-state index contributed by atoms with van der Waals surface area (Å²) in [5.41, 5.74) is 0.438. The minimum Gasteiger partial charge on any atom is -0.383 e. The van der Waals surface area contributed by atoms with E-state index in [4.69, 9.17) is 0 Å². The Kier molecular flexibility index (Phi) is 4.42. The topological polar surface area (TPSA) is 32.3 Å². The van der Waals surface area contributed by atoms with E-state index in [0.717, 1.165) is 18.5 Å². The zero-order valence-electron chi connectivity index (χ0n) is 12.4. The second-order valence-corrected chi connectivity index (χ2v) is 6.53. The van der Waals surface area contributed by atoms with Gasteiger partial charge in [-0.2, -0.15) is 0 Å². The number of aliphatic hydroxyl groups is 1. The maximum absolute atomic E-state index is 11.7. The number of benzene rings is 1. The van der Waals surface area contributed by atoms with Gasteiger partial charge in [0.1, 0.15) is 5.60 Å². The molecule has 0 radical (unpaired) electrons. The van der Waals surface area contributed by atoms with Crippen LogP contribution in [0.1, 0.15) is 56.9 Å². The van der Waals surface area contributed by atoms with Crippen LogP contribution in [0.4, 0.5) is 0 Å². The smallest absolute Gasteiger partial charge is 0.108 e. The molecule has 0 aromatic heterocycles. The van der Waals surface area contributed by atoms with Crippen molar-refractivity contribution >= 4 is 0 Å². The molecule has 1 aliphatic heterocycles. The molecule has 2 fully saturated rings. The van der Waals surface area contributed by atoms with Gasteiger partial charge in [0.25, 0.3) is 0 Å². The molecule has 2 aliphatic rings. The third-order valence-corrected chi connectivity index (χ3v) is 5.31. The third-order valence-electron chi connectivity index (χ3n) is 5.31. The Hall–Kier alpha value is -0.860. The first-order chi connectivity index (χ1) is 9.82. The highest BCUT2D eigenvalue weighted by atomic mass is 16.3. The molecular weight excluding hydrogens is 246 g/mol. The minimum absolute atomic E-state index is 0.224. The maximum Gasteiger partial charge on any atom is 0.108 e. The van der Waals surface area contributed by atoms with Gasteiger partial charge >= 0.3 is 0 Å². The lowest BCUT2D eigenvalue weighted by atomic mass is 9.68. The van der Waals surface area contributed by atoms with E-state index in [2.05, 4.69) is 29.6 Å². The first-order valence-electron chi connectivity index (χ1n) is 8.33. The summed E-state index contributed by atoms with van der Waals surface area (Å²) in [5, 5.41) is 15.3. The Morgan fingerprint density at radius 3 is 2.25 bits per heavy atom. The zero-order chi connectivity index (χ0) is 13.8. The summed E-state index contributed by atoms with van der Waals surface area (Å²) in [5.74, 6) is 0.411. The summed E-state index contributed by atoms with van der Waals surface area (Å²) in [6, 6.07) is 10.6. The Bertz CT molecular complexity index is 387. The van der Waals surface area contributed by atoms with Crippen molar-refractivity contribution in [1.82, 2.24) is 5.32 Å². The van der Waals surface area contributed by atoms with Crippen molar-refractivity contribution in [2.75, 3.05) is 6.54 Å². The van der Waals surface area contributed by atoms with Crippen molar-refractivity contribution in [3.05, 3.63) is 35.9 Å². The second kappa shape index (κ2) is 6.28. The van der Waals surface area contributed by atoms with Crippen LogP contribution in [0.15, 0.2) is 30.3 Å². The van der Waals surface area contributed by atoms with E-state index in [9.17, 15) is 5.11 Å². The molecule has 2 unspecified atom stereocenters. The number of piperidine rings is 1. The first-order valence-corrected chi connectivity index (χ1v) is 8.33. The Morgan fingerprint density at radius 2 is 1.60 bits per heavy atom. The van der Waals surface area contributed by atoms with Crippen molar-refractivity contribution < 1.29 is 5.11 Å². The lowest BCUT2D eigenvalue weighted by Gasteiger charge is -2.46. The van der Waals surface area contributed by atoms with E-state index in [0.29, 0.717) is 5.92 Å². The molecule has 20 heavy (non-hydrogen) atoms. The van der Waals surface area contributed by atoms with Crippen molar-refractivity contribution in [1.29, 1.82) is 0 Å². The van der Waals surface area contributed by atoms with Crippen molar-refractivity contribution in [2.45, 2.75) is 63.0 Å². The van der Waals surface area contributed by atoms with Gasteiger partial charge in [-0.25, -0.2) is 0 Å². The number of hydrogen-bond acceptors (Lipinski definition) is 2. The fourth-order valence-corrected chi connectivity index (χ4v) is 4.20. The largest absolute Gasteiger partial charge is 0.383 e. The van der Waals surface area contributed by atoms with Crippen LogP contribution >= 0.6 is 0 Å². The van der Waals surface area contributed by atoms with Crippen LogP contribution in [0, 0.1) is 5.92 Å². The second-order valence-electron chi connectivity index (χ2n) is 6.53. The molecule has 1 aromatic carbocycles. The Morgan fingerprint density at radius 1 is 0.900 bits per heavy atom. The fraction of sp³-hybridized carbons (Fsp3) is 0.667. The average Bonchev–Trinajstić information content (AvgIpc) is 2.56. The van der Waals surface area contributed by atoms with Crippen LogP contribution in [-0.2, 0) is 5.60 Å². The van der Waals surface area contributed by atoms with Crippen molar-refractivity contribution in [3.63, 3.8) is 0 Å². The van der Waals surface area contributed by atoms with Gasteiger partial charge in [0.15, 0.2) is 0 Å². The molecule has 2 heteroatoms. The molecule has 1 heterocycles. The van der Waals surface area contributed by atoms with Gasteiger partial charge in [-0.1, -0.05) is 56.0 Å².